The van der Waals surface area contributed by atoms with E-state index in [1.165, 1.54) is 56.1 Å². The normalized spacial score (nSPS) is 20.0. The van der Waals surface area contributed by atoms with Gasteiger partial charge in [-0.05, 0) is 86.4 Å². The first-order valence-electron chi connectivity index (χ1n) is 11.6. The lowest BCUT2D eigenvalue weighted by molar-refractivity contribution is 0.563. The molecule has 2 nitrogen and oxygen atoms in total. The molecule has 3 aliphatic rings. The minimum atomic E-state index is -0.00982. The van der Waals surface area contributed by atoms with E-state index in [0.29, 0.717) is 0 Å². The molecule has 2 heterocycles. The molecule has 0 amide bonds. The number of likely N-dealkylation sites (N-methyl/N-ethyl adjacent to an activating group) is 2. The fourth-order valence-electron chi connectivity index (χ4n) is 6.20. The lowest BCUT2D eigenvalue weighted by atomic mass is 9.70. The molecule has 5 rings (SSSR count). The molecule has 0 bridgehead atoms. The van der Waals surface area contributed by atoms with Gasteiger partial charge in [0.05, 0.1) is 5.54 Å². The first-order chi connectivity index (χ1) is 14.2. The Labute approximate surface area is 181 Å². The van der Waals surface area contributed by atoms with Crippen LogP contribution in [0.3, 0.4) is 0 Å². The first-order valence-corrected chi connectivity index (χ1v) is 11.6. The van der Waals surface area contributed by atoms with Crippen LogP contribution in [-0.4, -0.2) is 25.2 Å². The molecule has 0 spiro atoms. The van der Waals surface area contributed by atoms with Crippen molar-refractivity contribution in [2.75, 3.05) is 24.5 Å². The molecule has 0 saturated carbocycles. The molecule has 2 aromatic rings. The second-order valence-electron chi connectivity index (χ2n) is 10.3. The lowest BCUT2D eigenvalue weighted by Crippen LogP contribution is -2.45. The van der Waals surface area contributed by atoms with E-state index in [0.717, 1.165) is 19.6 Å². The third-order valence-electron chi connectivity index (χ3n) is 7.75. The van der Waals surface area contributed by atoms with Crippen molar-refractivity contribution in [3.8, 4) is 0 Å². The van der Waals surface area contributed by atoms with Gasteiger partial charge in [0.2, 0.25) is 5.36 Å². The van der Waals surface area contributed by atoms with Crippen LogP contribution in [0.1, 0.15) is 76.3 Å². The number of fused-ring (bicyclic) bond motifs is 4. The van der Waals surface area contributed by atoms with Crippen LogP contribution in [0.25, 0.3) is 11.6 Å². The summed E-state index contributed by atoms with van der Waals surface area (Å²) in [4.78, 5) is 2.56. The Morgan fingerprint density at radius 3 is 2.47 bits per heavy atom. The van der Waals surface area contributed by atoms with Crippen molar-refractivity contribution in [1.82, 2.24) is 4.58 Å². The van der Waals surface area contributed by atoms with Gasteiger partial charge in [-0.15, -0.1) is 0 Å². The van der Waals surface area contributed by atoms with E-state index in [2.05, 4.69) is 94.4 Å². The Bertz CT molecular complexity index is 1220. The van der Waals surface area contributed by atoms with Crippen LogP contribution < -0.4 is 20.1 Å². The maximum atomic E-state index is 2.56. The summed E-state index contributed by atoms with van der Waals surface area (Å²) in [5.41, 5.74) is 10.0. The lowest BCUT2D eigenvalue weighted by Gasteiger charge is -2.44. The molecular weight excluding hydrogens is 364 g/mol. The predicted molar refractivity (Wildman–Crippen MR) is 129 cm³/mol. The zero-order valence-corrected chi connectivity index (χ0v) is 19.7. The van der Waals surface area contributed by atoms with Crippen molar-refractivity contribution in [3.63, 3.8) is 0 Å². The standard InChI is InChI=1S/C28H35N2/c1-8-29-11-10-19-12-20-13-21-14-22-18(3)17-27(4,5)30(9-2)26(22)16-24(21)28(6,7)23(20)15-25(19)29/h12-17H,8-11H2,1-7H3/q+1. The van der Waals surface area contributed by atoms with Gasteiger partial charge in [-0.1, -0.05) is 19.9 Å². The number of nitrogens with zero attached hydrogens (tertiary/aromatic N) is 2. The Hall–Kier alpha value is -2.35. The van der Waals surface area contributed by atoms with Gasteiger partial charge in [0.25, 0.3) is 0 Å². The van der Waals surface area contributed by atoms with Crippen LogP contribution in [0.5, 0.6) is 0 Å². The fourth-order valence-corrected chi connectivity index (χ4v) is 6.20. The van der Waals surface area contributed by atoms with E-state index in [9.17, 15) is 0 Å². The number of anilines is 1. The largest absolute Gasteiger partial charge is 0.363 e. The molecule has 30 heavy (non-hydrogen) atoms. The predicted octanol–water partition coefficient (Wildman–Crippen LogP) is 4.24. The van der Waals surface area contributed by atoms with Crippen LogP contribution in [0.2, 0.25) is 0 Å². The van der Waals surface area contributed by atoms with Gasteiger partial charge in [0.1, 0.15) is 13.1 Å². The molecule has 0 atom stereocenters. The van der Waals surface area contributed by atoms with Crippen LogP contribution >= 0.6 is 0 Å². The Kier molecular flexibility index (Phi) is 4.13. The summed E-state index contributed by atoms with van der Waals surface area (Å²) in [6, 6.07) is 9.91. The average molecular weight is 400 g/mol. The van der Waals surface area contributed by atoms with Crippen LogP contribution in [-0.2, 0) is 11.8 Å². The summed E-state index contributed by atoms with van der Waals surface area (Å²) in [5, 5.41) is 2.86. The number of hydrogen-bond donors (Lipinski definition) is 0. The second-order valence-corrected chi connectivity index (χ2v) is 10.3. The van der Waals surface area contributed by atoms with E-state index >= 15 is 0 Å². The van der Waals surface area contributed by atoms with E-state index < -0.39 is 0 Å². The van der Waals surface area contributed by atoms with Crippen molar-refractivity contribution in [3.05, 3.63) is 68.7 Å². The smallest absolute Gasteiger partial charge is 0.203 e. The number of benzene rings is 2. The van der Waals surface area contributed by atoms with E-state index in [4.69, 9.17) is 0 Å². The van der Waals surface area contributed by atoms with E-state index in [1.54, 1.807) is 0 Å². The highest BCUT2D eigenvalue weighted by Gasteiger charge is 2.36. The number of rotatable bonds is 2. The third kappa shape index (κ3) is 2.58. The summed E-state index contributed by atoms with van der Waals surface area (Å²) in [7, 11) is 0. The molecule has 2 aromatic carbocycles. The highest BCUT2D eigenvalue weighted by molar-refractivity contribution is 5.84. The molecule has 0 unspecified atom stereocenters. The van der Waals surface area contributed by atoms with Crippen LogP contribution in [0.15, 0.2) is 30.3 Å². The van der Waals surface area contributed by atoms with Crippen molar-refractivity contribution < 1.29 is 0 Å². The summed E-state index contributed by atoms with van der Waals surface area (Å²) >= 11 is 0. The average Bonchev–Trinajstić information content (AvgIpc) is 3.08. The van der Waals surface area contributed by atoms with Crippen molar-refractivity contribution in [2.24, 2.45) is 0 Å². The van der Waals surface area contributed by atoms with E-state index in [1.807, 2.05) is 0 Å². The van der Waals surface area contributed by atoms with Gasteiger partial charge in [-0.25, -0.2) is 4.58 Å². The van der Waals surface area contributed by atoms with Crippen molar-refractivity contribution in [2.45, 2.75) is 65.8 Å². The summed E-state index contributed by atoms with van der Waals surface area (Å²) in [6.45, 7) is 19.6. The molecule has 0 saturated heterocycles. The molecular formula is C28H35N2+. The summed E-state index contributed by atoms with van der Waals surface area (Å²) in [6.07, 6.45) is 6.04. The minimum Gasteiger partial charge on any atom is -0.363 e. The molecule has 0 radical (unpaired) electrons. The van der Waals surface area contributed by atoms with Gasteiger partial charge in [-0.3, -0.25) is 0 Å². The molecule has 0 fully saturated rings. The molecule has 2 aliphatic heterocycles. The van der Waals surface area contributed by atoms with Crippen LogP contribution in [0.4, 0.5) is 5.69 Å². The SMILES string of the molecule is CCN1c2cc3c(cc2C(C)=CC1(C)C)C=c1cc2c(cc1C3(C)C)=[N+](CC)CC2. The van der Waals surface area contributed by atoms with Gasteiger partial charge in [-0.2, -0.15) is 0 Å². The molecule has 1 aliphatic carbocycles. The maximum absolute atomic E-state index is 2.56. The molecule has 2 heteroatoms. The second kappa shape index (κ2) is 6.33. The molecule has 0 aromatic heterocycles. The zero-order chi connectivity index (χ0) is 21.4. The van der Waals surface area contributed by atoms with Crippen molar-refractivity contribution >= 4 is 17.3 Å². The van der Waals surface area contributed by atoms with Crippen LogP contribution in [0, 0.1) is 0 Å². The van der Waals surface area contributed by atoms with Gasteiger partial charge < -0.3 is 4.90 Å². The van der Waals surface area contributed by atoms with Crippen molar-refractivity contribution in [1.29, 1.82) is 0 Å². The highest BCUT2D eigenvalue weighted by Crippen LogP contribution is 2.44. The Morgan fingerprint density at radius 2 is 1.77 bits per heavy atom. The summed E-state index contributed by atoms with van der Waals surface area (Å²) in [5.74, 6) is 0. The Morgan fingerprint density at radius 1 is 1.00 bits per heavy atom. The fraction of sp³-hybridized carbons (Fsp3) is 0.464. The van der Waals surface area contributed by atoms with E-state index in [-0.39, 0.29) is 11.0 Å². The quantitative estimate of drug-likeness (QED) is 0.685. The highest BCUT2D eigenvalue weighted by atomic mass is 15.2. The van der Waals surface area contributed by atoms with Gasteiger partial charge in [0, 0.05) is 41.3 Å². The molecule has 0 N–H and O–H groups in total. The topological polar surface area (TPSA) is 6.25 Å². The first kappa shape index (κ1) is 19.6. The van der Waals surface area contributed by atoms with Gasteiger partial charge in [0.15, 0.2) is 0 Å². The third-order valence-corrected chi connectivity index (χ3v) is 7.75. The zero-order valence-electron chi connectivity index (χ0n) is 19.7. The summed E-state index contributed by atoms with van der Waals surface area (Å²) < 4.78 is 2.53. The number of hydrogen-bond acceptors (Lipinski definition) is 1. The minimum absolute atomic E-state index is 0.00982. The molecule has 156 valence electrons. The Balaban J connectivity index is 1.80. The number of allylic oxidation sites excluding steroid dienone is 1. The van der Waals surface area contributed by atoms with Gasteiger partial charge >= 0.3 is 0 Å². The monoisotopic (exact) mass is 399 g/mol. The maximum Gasteiger partial charge on any atom is 0.203 e.